The van der Waals surface area contributed by atoms with Crippen molar-refractivity contribution in [2.24, 2.45) is 10.4 Å². The Labute approximate surface area is 286 Å². The Morgan fingerprint density at radius 3 is 2.52 bits per heavy atom. The normalized spacial score (nSPS) is 27.8. The van der Waals surface area contributed by atoms with Crippen LogP contribution in [0.4, 0.5) is 0 Å². The van der Waals surface area contributed by atoms with E-state index in [1.54, 1.807) is 0 Å². The molecular weight excluding hydrogens is 594 g/mol. The van der Waals surface area contributed by atoms with Crippen molar-refractivity contribution in [2.75, 3.05) is 32.7 Å². The first kappa shape index (κ1) is 32.8. The van der Waals surface area contributed by atoms with Crippen LogP contribution < -0.4 is 0 Å². The van der Waals surface area contributed by atoms with Crippen LogP contribution in [0.1, 0.15) is 98.2 Å². The average Bonchev–Trinajstić information content (AvgIpc) is 3.36. The first-order chi connectivity index (χ1) is 23.2. The number of ketones is 1. The fourth-order valence-electron chi connectivity index (χ4n) is 8.97. The molecule has 1 saturated carbocycles. The highest BCUT2D eigenvalue weighted by Gasteiger charge is 2.57. The predicted molar refractivity (Wildman–Crippen MR) is 193 cm³/mol. The number of carbonyl (C=O) groups is 1. The molecule has 2 N–H and O–H groups in total. The molecule has 2 heterocycles. The molecule has 2 aliphatic heterocycles. The summed E-state index contributed by atoms with van der Waals surface area (Å²) in [6.07, 6.45) is 9.22. The number of β-amino-alcohol motifs (C(OH)–C–C–N with tert-alkyl or cyclic N) is 1. The number of allylic oxidation sites excluding steroid dienone is 2. The van der Waals surface area contributed by atoms with Crippen molar-refractivity contribution in [2.45, 2.75) is 89.3 Å². The van der Waals surface area contributed by atoms with E-state index in [0.717, 1.165) is 92.9 Å². The van der Waals surface area contributed by atoms with Gasteiger partial charge in [0.15, 0.2) is 11.7 Å². The molecule has 3 aliphatic carbocycles. The summed E-state index contributed by atoms with van der Waals surface area (Å²) < 4.78 is 0. The highest BCUT2D eigenvalue weighted by Crippen LogP contribution is 2.59. The largest absolute Gasteiger partial charge is 0.393 e. The maximum absolute atomic E-state index is 14.5. The summed E-state index contributed by atoms with van der Waals surface area (Å²) in [5.41, 5.74) is 5.46. The number of carbonyl (C=O) groups excluding carboxylic acids is 1. The van der Waals surface area contributed by atoms with Crippen LogP contribution in [0.3, 0.4) is 0 Å². The summed E-state index contributed by atoms with van der Waals surface area (Å²) in [5, 5.41) is 23.9. The molecule has 1 saturated heterocycles. The number of aliphatic hydroxyl groups is 2. The average molecular weight is 646 g/mol. The Morgan fingerprint density at radius 2 is 1.71 bits per heavy atom. The van der Waals surface area contributed by atoms with Crippen LogP contribution in [0, 0.1) is 5.41 Å². The standard InChI is InChI=1S/C42H51N3O3/c1-30-9-6-21-41(2)38(20-22-42(41,48)29-45-26-8-25-44-24-7-23-43-40(44)45)36-19-13-31(27-35(46)18-12-30)28-37(36)39(47)34-16-14-33(15-17-34)32-10-4-3-5-11-32/h3-5,9-11,13-17,19,28,35,38,46,48H,6-8,12,18,20-27,29H2,1-2H3/t35-,38-,41-,42+/m0/s1. The molecule has 0 amide bonds. The van der Waals surface area contributed by atoms with Crippen LogP contribution in [0.5, 0.6) is 0 Å². The third-order valence-corrected chi connectivity index (χ3v) is 11.9. The molecule has 2 bridgehead atoms. The lowest BCUT2D eigenvalue weighted by atomic mass is 9.64. The minimum atomic E-state index is -0.939. The zero-order chi connectivity index (χ0) is 33.3. The van der Waals surface area contributed by atoms with Gasteiger partial charge in [-0.2, -0.15) is 0 Å². The zero-order valence-electron chi connectivity index (χ0n) is 28.7. The molecule has 6 heteroatoms. The molecule has 252 valence electrons. The maximum atomic E-state index is 14.5. The second-order valence-corrected chi connectivity index (χ2v) is 15.0. The molecule has 0 unspecified atom stereocenters. The van der Waals surface area contributed by atoms with E-state index in [9.17, 15) is 15.0 Å². The molecule has 6 nitrogen and oxygen atoms in total. The first-order valence-corrected chi connectivity index (χ1v) is 18.2. The van der Waals surface area contributed by atoms with Crippen molar-refractivity contribution in [3.63, 3.8) is 0 Å². The lowest BCUT2D eigenvalue weighted by Crippen LogP contribution is -2.59. The van der Waals surface area contributed by atoms with E-state index >= 15 is 0 Å². The van der Waals surface area contributed by atoms with Gasteiger partial charge < -0.3 is 20.0 Å². The number of rotatable bonds is 5. The summed E-state index contributed by atoms with van der Waals surface area (Å²) in [5.74, 6) is 1.07. The molecule has 5 aliphatic rings. The van der Waals surface area contributed by atoms with Gasteiger partial charge in [-0.15, -0.1) is 0 Å². The second-order valence-electron chi connectivity index (χ2n) is 15.0. The van der Waals surface area contributed by atoms with Crippen molar-refractivity contribution in [1.82, 2.24) is 9.80 Å². The van der Waals surface area contributed by atoms with Crippen molar-refractivity contribution in [1.29, 1.82) is 0 Å². The number of guanidine groups is 1. The molecule has 0 aromatic heterocycles. The van der Waals surface area contributed by atoms with Gasteiger partial charge in [-0.25, -0.2) is 0 Å². The molecule has 3 aromatic rings. The fraction of sp³-hybridized carbons (Fsp3) is 0.476. The van der Waals surface area contributed by atoms with Gasteiger partial charge in [0.25, 0.3) is 0 Å². The molecule has 0 spiro atoms. The van der Waals surface area contributed by atoms with Crippen LogP contribution in [-0.4, -0.2) is 76.2 Å². The molecule has 3 aromatic carbocycles. The fourth-order valence-corrected chi connectivity index (χ4v) is 8.97. The molecular formula is C42H51N3O3. The van der Waals surface area contributed by atoms with Crippen LogP contribution in [0.2, 0.25) is 0 Å². The Balaban J connectivity index is 1.27. The quantitative estimate of drug-likeness (QED) is 0.224. The zero-order valence-corrected chi connectivity index (χ0v) is 28.7. The van der Waals surface area contributed by atoms with E-state index in [1.165, 1.54) is 5.57 Å². The van der Waals surface area contributed by atoms with Gasteiger partial charge in [-0.3, -0.25) is 9.79 Å². The summed E-state index contributed by atoms with van der Waals surface area (Å²) >= 11 is 0. The van der Waals surface area contributed by atoms with Gasteiger partial charge in [-0.05, 0) is 98.9 Å². The Morgan fingerprint density at radius 1 is 0.938 bits per heavy atom. The van der Waals surface area contributed by atoms with Gasteiger partial charge in [0, 0.05) is 42.7 Å². The third-order valence-electron chi connectivity index (χ3n) is 11.9. The van der Waals surface area contributed by atoms with Gasteiger partial charge in [-0.1, -0.05) is 85.3 Å². The highest BCUT2D eigenvalue weighted by atomic mass is 16.3. The van der Waals surface area contributed by atoms with E-state index < -0.39 is 17.1 Å². The molecule has 48 heavy (non-hydrogen) atoms. The number of benzene rings is 3. The van der Waals surface area contributed by atoms with E-state index in [0.29, 0.717) is 36.9 Å². The first-order valence-electron chi connectivity index (χ1n) is 18.2. The topological polar surface area (TPSA) is 76.4 Å². The van der Waals surface area contributed by atoms with Crippen LogP contribution >= 0.6 is 0 Å². The van der Waals surface area contributed by atoms with Gasteiger partial charge >= 0.3 is 0 Å². The van der Waals surface area contributed by atoms with Crippen LogP contribution in [0.15, 0.2) is 89.4 Å². The van der Waals surface area contributed by atoms with Gasteiger partial charge in [0.2, 0.25) is 0 Å². The van der Waals surface area contributed by atoms with Crippen LogP contribution in [0.25, 0.3) is 11.1 Å². The minimum Gasteiger partial charge on any atom is -0.393 e. The highest BCUT2D eigenvalue weighted by molar-refractivity contribution is 6.10. The smallest absolute Gasteiger partial charge is 0.196 e. The number of aliphatic hydroxyl groups excluding tert-OH is 1. The predicted octanol–water partition coefficient (Wildman–Crippen LogP) is 7.39. The Bertz CT molecular complexity index is 1680. The molecule has 2 fully saturated rings. The molecule has 0 radical (unpaired) electrons. The number of fused-ring (bicyclic) bond motifs is 9. The van der Waals surface area contributed by atoms with Crippen molar-refractivity contribution >= 4 is 11.7 Å². The molecule has 4 atom stereocenters. The van der Waals surface area contributed by atoms with Crippen molar-refractivity contribution in [3.8, 4) is 11.1 Å². The Hall–Kier alpha value is -3.74. The number of nitrogens with zero attached hydrogens (tertiary/aromatic N) is 3. The van der Waals surface area contributed by atoms with Gasteiger partial charge in [0.05, 0.1) is 18.2 Å². The van der Waals surface area contributed by atoms with E-state index in [1.807, 2.05) is 48.5 Å². The van der Waals surface area contributed by atoms with E-state index in [2.05, 4.69) is 54.0 Å². The Kier molecular flexibility index (Phi) is 9.32. The minimum absolute atomic E-state index is 0.00445. The summed E-state index contributed by atoms with van der Waals surface area (Å²) in [7, 11) is 0. The second kappa shape index (κ2) is 13.6. The van der Waals surface area contributed by atoms with E-state index in [4.69, 9.17) is 4.99 Å². The summed E-state index contributed by atoms with van der Waals surface area (Å²) in [4.78, 5) is 24.2. The number of hydrogen-bond donors (Lipinski definition) is 2. The third kappa shape index (κ3) is 6.37. The summed E-state index contributed by atoms with van der Waals surface area (Å²) in [6, 6.07) is 24.5. The number of aliphatic imine (C=N–C) groups is 1. The van der Waals surface area contributed by atoms with Crippen LogP contribution in [-0.2, 0) is 6.42 Å². The van der Waals surface area contributed by atoms with Gasteiger partial charge in [0.1, 0.15) is 0 Å². The lowest BCUT2D eigenvalue weighted by molar-refractivity contribution is -0.0772. The lowest BCUT2D eigenvalue weighted by Gasteiger charge is -2.49. The summed E-state index contributed by atoms with van der Waals surface area (Å²) in [6.45, 7) is 8.85. The van der Waals surface area contributed by atoms with Crippen molar-refractivity contribution < 1.29 is 15.0 Å². The maximum Gasteiger partial charge on any atom is 0.196 e. The molecule has 8 rings (SSSR count). The monoisotopic (exact) mass is 645 g/mol. The van der Waals surface area contributed by atoms with E-state index in [-0.39, 0.29) is 11.7 Å². The van der Waals surface area contributed by atoms with Crippen molar-refractivity contribution in [3.05, 3.63) is 107 Å². The SMILES string of the molecule is CC1=CCC[C@@]2(C)[C@@H](CC[C@@]2(O)CN2CCCN3CCCN=C32)c2ccc(cc2C(=O)c2ccc(-c3ccccc3)cc2)C[C@@H](O)CC1. The number of hydrogen-bond acceptors (Lipinski definition) is 6.